The summed E-state index contributed by atoms with van der Waals surface area (Å²) >= 11 is 0. The maximum Gasteiger partial charge on any atom is 0.345 e. The summed E-state index contributed by atoms with van der Waals surface area (Å²) in [7, 11) is -2.39. The molecule has 2 aromatic carbocycles. The summed E-state index contributed by atoms with van der Waals surface area (Å²) in [4.78, 5) is 37.4. The van der Waals surface area contributed by atoms with E-state index in [4.69, 9.17) is 19.5 Å². The molecule has 0 aliphatic carbocycles. The monoisotopic (exact) mass is 555 g/mol. The van der Waals surface area contributed by atoms with Crippen LogP contribution in [0.5, 0.6) is 0 Å². The molecule has 1 aliphatic rings. The zero-order valence-electron chi connectivity index (χ0n) is 24.0. The Kier molecular flexibility index (Phi) is 8.24. The fraction of sp³-hybridized carbons (Fsp3) is 0.448. The van der Waals surface area contributed by atoms with E-state index < -0.39 is 44.6 Å². The number of esters is 2. The van der Waals surface area contributed by atoms with Crippen molar-refractivity contribution < 1.29 is 27.5 Å². The van der Waals surface area contributed by atoms with Crippen LogP contribution in [-0.2, 0) is 29.1 Å². The Morgan fingerprint density at radius 1 is 0.821 bits per heavy atom. The highest BCUT2D eigenvalue weighted by molar-refractivity contribution is 7.89. The third-order valence-electron chi connectivity index (χ3n) is 5.97. The highest BCUT2D eigenvalue weighted by Gasteiger charge is 2.71. The molecular formula is C29H37N3O6S. The predicted molar refractivity (Wildman–Crippen MR) is 151 cm³/mol. The van der Waals surface area contributed by atoms with E-state index in [-0.39, 0.29) is 16.3 Å². The molecule has 1 heterocycles. The number of hydrogen-bond donors (Lipinski definition) is 0. The van der Waals surface area contributed by atoms with E-state index in [9.17, 15) is 18.0 Å². The summed E-state index contributed by atoms with van der Waals surface area (Å²) in [6.07, 6.45) is 0. The third-order valence-corrected chi connectivity index (χ3v) is 7.84. The quantitative estimate of drug-likeness (QED) is 0.401. The smallest absolute Gasteiger partial charge is 0.345 e. The van der Waals surface area contributed by atoms with Crippen molar-refractivity contribution in [1.29, 1.82) is 0 Å². The van der Waals surface area contributed by atoms with Crippen LogP contribution >= 0.6 is 0 Å². The summed E-state index contributed by atoms with van der Waals surface area (Å²) in [5, 5.41) is 0. The Bertz CT molecular complexity index is 1380. The van der Waals surface area contributed by atoms with Crippen molar-refractivity contribution in [2.45, 2.75) is 76.0 Å². The largest absolute Gasteiger partial charge is 0.467 e. The number of nitrogens with zero attached hydrogens (tertiary/aromatic N) is 3. The van der Waals surface area contributed by atoms with Gasteiger partial charge in [0, 0.05) is 0 Å². The van der Waals surface area contributed by atoms with E-state index in [0.29, 0.717) is 5.56 Å². The Morgan fingerprint density at radius 2 is 1.31 bits per heavy atom. The number of sulfonamides is 1. The molecule has 3 rings (SSSR count). The van der Waals surface area contributed by atoms with Gasteiger partial charge in [0.2, 0.25) is 10.0 Å². The molecule has 0 radical (unpaired) electrons. The first-order valence-corrected chi connectivity index (χ1v) is 14.0. The van der Waals surface area contributed by atoms with Crippen molar-refractivity contribution in [3.63, 3.8) is 0 Å². The zero-order valence-corrected chi connectivity index (χ0v) is 24.8. The van der Waals surface area contributed by atoms with Gasteiger partial charge in [-0.05, 0) is 66.2 Å². The fourth-order valence-corrected chi connectivity index (χ4v) is 6.30. The maximum absolute atomic E-state index is 14.6. The third kappa shape index (κ3) is 5.67. The first-order valence-electron chi connectivity index (χ1n) is 12.5. The predicted octanol–water partition coefficient (Wildman–Crippen LogP) is 4.30. The van der Waals surface area contributed by atoms with Gasteiger partial charge >= 0.3 is 11.9 Å². The molecule has 0 saturated carbocycles. The lowest BCUT2D eigenvalue weighted by Gasteiger charge is -2.35. The summed E-state index contributed by atoms with van der Waals surface area (Å²) < 4.78 is 40.4. The fourth-order valence-electron chi connectivity index (χ4n) is 4.50. The maximum atomic E-state index is 14.6. The Hall–Kier alpha value is -3.37. The molecule has 1 atom stereocenters. The Balaban J connectivity index is 2.66. The molecule has 210 valence electrons. The Morgan fingerprint density at radius 3 is 1.74 bits per heavy atom. The van der Waals surface area contributed by atoms with E-state index in [0.717, 1.165) is 24.1 Å². The number of rotatable bonds is 5. The van der Waals surface area contributed by atoms with Gasteiger partial charge in [-0.2, -0.15) is 4.31 Å². The molecule has 39 heavy (non-hydrogen) atoms. The number of carbonyl (C=O) groups excluding carboxylic acids is 2. The molecule has 2 aromatic rings. The van der Waals surface area contributed by atoms with Crippen LogP contribution in [0.2, 0.25) is 0 Å². The van der Waals surface area contributed by atoms with Gasteiger partial charge in [-0.3, -0.25) is 9.98 Å². The summed E-state index contributed by atoms with van der Waals surface area (Å²) in [5.74, 6) is -2.29. The van der Waals surface area contributed by atoms with E-state index >= 15 is 0 Å². The van der Waals surface area contributed by atoms with Crippen LogP contribution < -0.4 is 0 Å². The van der Waals surface area contributed by atoms with Crippen LogP contribution in [-0.4, -0.2) is 66.9 Å². The minimum absolute atomic E-state index is 0.113. The number of aliphatic imine (C=N–C) groups is 2. The van der Waals surface area contributed by atoms with E-state index in [1.165, 1.54) is 12.1 Å². The summed E-state index contributed by atoms with van der Waals surface area (Å²) in [5.41, 5.74) is -2.82. The molecule has 1 fully saturated rings. The van der Waals surface area contributed by atoms with E-state index in [1.54, 1.807) is 63.2 Å². The second-order valence-electron chi connectivity index (χ2n) is 11.4. The van der Waals surface area contributed by atoms with Crippen LogP contribution in [0.15, 0.2) is 69.5 Å². The number of benzene rings is 2. The van der Waals surface area contributed by atoms with Crippen LogP contribution in [0, 0.1) is 6.92 Å². The molecule has 1 saturated heterocycles. The van der Waals surface area contributed by atoms with Crippen molar-refractivity contribution in [2.24, 2.45) is 9.98 Å². The molecular weight excluding hydrogens is 518 g/mol. The molecule has 0 N–H and O–H groups in total. The van der Waals surface area contributed by atoms with Gasteiger partial charge in [0.1, 0.15) is 5.71 Å². The highest BCUT2D eigenvalue weighted by atomic mass is 32.2. The number of methoxy groups -OCH3 is 2. The van der Waals surface area contributed by atoms with Crippen molar-refractivity contribution in [3.8, 4) is 0 Å². The molecule has 10 heteroatoms. The second-order valence-corrected chi connectivity index (χ2v) is 13.2. The van der Waals surface area contributed by atoms with Gasteiger partial charge in [0.25, 0.3) is 5.54 Å². The van der Waals surface area contributed by atoms with Crippen molar-refractivity contribution in [1.82, 2.24) is 4.31 Å². The molecule has 1 unspecified atom stereocenters. The molecule has 0 spiro atoms. The zero-order chi connectivity index (χ0) is 29.4. The number of hydrogen-bond acceptors (Lipinski definition) is 8. The lowest BCUT2D eigenvalue weighted by atomic mass is 9.91. The highest BCUT2D eigenvalue weighted by Crippen LogP contribution is 2.46. The SMILES string of the molecule is COC(=O)C1(C(=O)OC)C(=NC(C)(C)C)C(=NC(C)(C)C)C(c2ccccc2)N1S(=O)(=O)c1ccc(C)cc1. The van der Waals surface area contributed by atoms with Crippen LogP contribution in [0.25, 0.3) is 0 Å². The van der Waals surface area contributed by atoms with Gasteiger partial charge in [0.05, 0.1) is 41.9 Å². The average molecular weight is 556 g/mol. The lowest BCUT2D eigenvalue weighted by Crippen LogP contribution is -2.63. The minimum Gasteiger partial charge on any atom is -0.467 e. The van der Waals surface area contributed by atoms with Crippen LogP contribution in [0.3, 0.4) is 0 Å². The molecule has 0 bridgehead atoms. The standard InChI is InChI=1S/C29H37N3O6S/c1-19-15-17-21(18-16-19)39(35,36)32-23(20-13-11-10-12-14-20)22(30-27(2,3)4)24(31-28(5,6)7)29(32,25(33)37-8)26(34)38-9/h10-18,23H,1-9H3. The van der Waals surface area contributed by atoms with Crippen molar-refractivity contribution >= 4 is 33.4 Å². The molecule has 0 aromatic heterocycles. The van der Waals surface area contributed by atoms with Gasteiger partial charge in [-0.15, -0.1) is 0 Å². The van der Waals surface area contributed by atoms with E-state index in [2.05, 4.69) is 0 Å². The van der Waals surface area contributed by atoms with Crippen molar-refractivity contribution in [3.05, 3.63) is 65.7 Å². The summed E-state index contributed by atoms with van der Waals surface area (Å²) in [6.45, 7) is 12.7. The van der Waals surface area contributed by atoms with Crippen molar-refractivity contribution in [2.75, 3.05) is 14.2 Å². The average Bonchev–Trinajstić information content (AvgIpc) is 3.12. The normalized spacial score (nSPS) is 20.3. The topological polar surface area (TPSA) is 115 Å². The summed E-state index contributed by atoms with van der Waals surface area (Å²) in [6, 6.07) is 13.7. The molecule has 1 aliphatic heterocycles. The van der Waals surface area contributed by atoms with Gasteiger partial charge < -0.3 is 9.47 Å². The van der Waals surface area contributed by atoms with E-state index in [1.807, 2.05) is 27.7 Å². The minimum atomic E-state index is -4.58. The number of ether oxygens (including phenoxy) is 2. The first-order chi connectivity index (χ1) is 18.0. The van der Waals surface area contributed by atoms with Gasteiger partial charge in [-0.1, -0.05) is 48.0 Å². The van der Waals surface area contributed by atoms with Gasteiger partial charge in [-0.25, -0.2) is 18.0 Å². The molecule has 0 amide bonds. The Labute approximate surface area is 231 Å². The first kappa shape index (κ1) is 30.2. The van der Waals surface area contributed by atoms with Crippen LogP contribution in [0.1, 0.15) is 58.7 Å². The second kappa shape index (κ2) is 10.7. The van der Waals surface area contributed by atoms with Gasteiger partial charge in [0.15, 0.2) is 0 Å². The lowest BCUT2D eigenvalue weighted by molar-refractivity contribution is -0.162. The number of aryl methyl sites for hydroxylation is 1. The number of carbonyl (C=O) groups is 2. The van der Waals surface area contributed by atoms with Crippen LogP contribution in [0.4, 0.5) is 0 Å². The molecule has 9 nitrogen and oxygen atoms in total.